The van der Waals surface area contributed by atoms with E-state index in [9.17, 15) is 29.7 Å². The van der Waals surface area contributed by atoms with E-state index in [-0.39, 0.29) is 64.1 Å². The summed E-state index contributed by atoms with van der Waals surface area (Å²) in [6.45, 7) is 11.4. The minimum absolute atomic E-state index is 0.0169. The van der Waals surface area contributed by atoms with Crippen molar-refractivity contribution >= 4 is 35.2 Å². The Bertz CT molecular complexity index is 1990. The molecule has 12 nitrogen and oxygen atoms in total. The predicted molar refractivity (Wildman–Crippen MR) is 215 cm³/mol. The molecule has 58 heavy (non-hydrogen) atoms. The highest BCUT2D eigenvalue weighted by Gasteiger charge is 2.67. The lowest BCUT2D eigenvalue weighted by Crippen LogP contribution is -2.58. The summed E-state index contributed by atoms with van der Waals surface area (Å²) in [4.78, 5) is 57.7. The first kappa shape index (κ1) is 42.2. The Balaban J connectivity index is 1.24. The van der Waals surface area contributed by atoms with Gasteiger partial charge in [-0.05, 0) is 89.0 Å². The highest BCUT2D eigenvalue weighted by atomic mass is 35.5. The van der Waals surface area contributed by atoms with E-state index >= 15 is 4.79 Å². The summed E-state index contributed by atoms with van der Waals surface area (Å²) < 4.78 is 19.4. The second-order valence-corrected chi connectivity index (χ2v) is 18.1. The fourth-order valence-corrected chi connectivity index (χ4v) is 11.5. The molecule has 1 spiro atoms. The van der Waals surface area contributed by atoms with Crippen LogP contribution in [-0.4, -0.2) is 80.2 Å². The maximum atomic E-state index is 15.1. The average molecular weight is 821 g/mol. The molecule has 2 saturated heterocycles. The number of carbonyl (C=O) groups is 4. The van der Waals surface area contributed by atoms with Crippen LogP contribution in [0.3, 0.4) is 0 Å². The van der Waals surface area contributed by atoms with Gasteiger partial charge in [0.05, 0.1) is 34.8 Å². The van der Waals surface area contributed by atoms with Gasteiger partial charge in [-0.25, -0.2) is 9.59 Å². The molecule has 0 radical (unpaired) electrons. The second kappa shape index (κ2) is 15.9. The monoisotopic (exact) mass is 820 g/mol. The first-order valence-electron chi connectivity index (χ1n) is 20.8. The van der Waals surface area contributed by atoms with Gasteiger partial charge in [0.25, 0.3) is 5.91 Å². The van der Waals surface area contributed by atoms with Crippen LogP contribution in [0.1, 0.15) is 103 Å². The van der Waals surface area contributed by atoms with Gasteiger partial charge in [-0.1, -0.05) is 74.4 Å². The third kappa shape index (κ3) is 6.81. The van der Waals surface area contributed by atoms with E-state index in [0.29, 0.717) is 32.1 Å². The Morgan fingerprint density at radius 2 is 1.88 bits per heavy atom. The van der Waals surface area contributed by atoms with Crippen molar-refractivity contribution in [2.45, 2.75) is 129 Å². The Hall–Kier alpha value is -3.97. The predicted octanol–water partition coefficient (Wildman–Crippen LogP) is 7.31. The number of hydrogen-bond donors (Lipinski definition) is 5. The molecule has 314 valence electrons. The summed E-state index contributed by atoms with van der Waals surface area (Å²) in [5.74, 6) is -4.56. The molecule has 6 aliphatic rings. The fraction of sp³-hybridized carbons (Fsp3) is 0.600. The highest BCUT2D eigenvalue weighted by molar-refractivity contribution is 6.33. The topological polar surface area (TPSA) is 184 Å². The number of aliphatic carboxylic acids is 1. The van der Waals surface area contributed by atoms with E-state index in [2.05, 4.69) is 41.5 Å². The van der Waals surface area contributed by atoms with Crippen molar-refractivity contribution in [3.63, 3.8) is 0 Å². The van der Waals surface area contributed by atoms with Crippen molar-refractivity contribution in [2.24, 2.45) is 40.4 Å². The number of ether oxygens (including phenoxy) is 3. The summed E-state index contributed by atoms with van der Waals surface area (Å²) in [6.07, 6.45) is 14.1. The van der Waals surface area contributed by atoms with Crippen molar-refractivity contribution in [3.8, 4) is 0 Å². The average Bonchev–Trinajstić information content (AvgIpc) is 3.72. The third-order valence-electron chi connectivity index (χ3n) is 14.4. The van der Waals surface area contributed by atoms with Crippen LogP contribution in [0.5, 0.6) is 0 Å². The highest BCUT2D eigenvalue weighted by Crippen LogP contribution is 2.61. The van der Waals surface area contributed by atoms with Gasteiger partial charge in [0.2, 0.25) is 5.78 Å². The minimum atomic E-state index is -1.74. The number of aliphatic hydroxyl groups is 2. The zero-order chi connectivity index (χ0) is 41.9. The molecule has 1 amide bonds. The lowest BCUT2D eigenvalue weighted by atomic mass is 9.51. The zero-order valence-corrected chi connectivity index (χ0v) is 34.9. The molecule has 3 heterocycles. The Morgan fingerprint density at radius 1 is 1.12 bits per heavy atom. The summed E-state index contributed by atoms with van der Waals surface area (Å²) in [5, 5.41) is 37.5. The standard InChI is InChI=1S/C45H57ClN2O10/c1-7-26-21-45-39(51)34(42(55)58-45)38(50)44(8-2)27(12-10-9-11-23(3)20-43(45,6)22-29(26)41(53)54)14-15-28-30(44)16-13-24(4)37(28)57-33-19-32(49)35(25(5)56-33)48-40(52)36-31(46)17-18-47-36/h9-10,14-15,17-18,20,22,24-28,30,32-33,35,37,47,49-50H,7-8,11-13,16,19,21H2,1-6H3,(H,48,52)(H,53,54)/b10-9-,23-20-,38-34-/t24-,25+,26-,27+,28-,30+,32+,33-,35+,37-,43-,44+,45+/m0/s1. The smallest absolute Gasteiger partial charge is 0.346 e. The van der Waals surface area contributed by atoms with Gasteiger partial charge in [-0.15, -0.1) is 0 Å². The molecule has 3 fully saturated rings. The van der Waals surface area contributed by atoms with Gasteiger partial charge in [-0.2, -0.15) is 0 Å². The molecule has 7 rings (SSSR count). The van der Waals surface area contributed by atoms with Crippen molar-refractivity contribution in [3.05, 3.63) is 81.9 Å². The Morgan fingerprint density at radius 3 is 2.53 bits per heavy atom. The second-order valence-electron chi connectivity index (χ2n) is 17.7. The fourth-order valence-electron chi connectivity index (χ4n) is 11.3. The van der Waals surface area contributed by atoms with Crippen molar-refractivity contribution in [2.75, 3.05) is 0 Å². The number of carboxylic acids is 1. The van der Waals surface area contributed by atoms with Crippen LogP contribution in [-0.2, 0) is 28.6 Å². The van der Waals surface area contributed by atoms with E-state index in [4.69, 9.17) is 25.8 Å². The number of hydrogen-bond acceptors (Lipinski definition) is 9. The van der Waals surface area contributed by atoms with Gasteiger partial charge < -0.3 is 39.8 Å². The number of carbonyl (C=O) groups excluding carboxylic acids is 3. The third-order valence-corrected chi connectivity index (χ3v) is 14.7. The van der Waals surface area contributed by atoms with Crippen LogP contribution in [0.15, 0.2) is 71.2 Å². The van der Waals surface area contributed by atoms with E-state index in [1.807, 2.05) is 26.8 Å². The molecular weight excluding hydrogens is 764 g/mol. The molecule has 1 aromatic heterocycles. The normalized spacial score (nSPS) is 42.8. The molecule has 13 atom stereocenters. The maximum absolute atomic E-state index is 15.1. The molecule has 0 aromatic carbocycles. The quantitative estimate of drug-likeness (QED) is 0.106. The molecule has 2 aliphatic heterocycles. The number of amides is 1. The molecule has 5 N–H and O–H groups in total. The van der Waals surface area contributed by atoms with Crippen LogP contribution in [0.25, 0.3) is 0 Å². The SMILES string of the molecule is CC[C@H]1C[C@]23OC(=O)/C(=C(\O)[C@@]4(CC)[C@@H]5CC[C@H](C)[C@H](O[C@H]6C[C@@H](O)[C@H](NC(=O)c7[nH]ccc7Cl)[C@@H](C)O6)[C@H]5C=C[C@H]4C/C=C\C/C(C)=C\[C@@]2(C)C=C1C(=O)O)C3=O. The first-order valence-corrected chi connectivity index (χ1v) is 21.2. The number of fused-ring (bicyclic) bond motifs is 4. The molecule has 2 bridgehead atoms. The molecule has 13 heteroatoms. The number of aromatic amines is 1. The molecular formula is C45H57ClN2O10. The van der Waals surface area contributed by atoms with Crippen LogP contribution >= 0.6 is 11.6 Å². The number of Topliss-reactive ketones (excluding diaryl/α,β-unsaturated/α-hetero) is 1. The van der Waals surface area contributed by atoms with Crippen molar-refractivity contribution < 1.29 is 48.7 Å². The largest absolute Gasteiger partial charge is 0.511 e. The van der Waals surface area contributed by atoms with Gasteiger partial charge in [0.1, 0.15) is 17.0 Å². The lowest BCUT2D eigenvalue weighted by molar-refractivity contribution is -0.258. The van der Waals surface area contributed by atoms with E-state index < -0.39 is 76.6 Å². The summed E-state index contributed by atoms with van der Waals surface area (Å²) in [7, 11) is 0. The Kier molecular flexibility index (Phi) is 11.6. The summed E-state index contributed by atoms with van der Waals surface area (Å²) in [5.41, 5.74) is -3.16. The van der Waals surface area contributed by atoms with Gasteiger partial charge >= 0.3 is 11.9 Å². The summed E-state index contributed by atoms with van der Waals surface area (Å²) in [6, 6.07) is 0.863. The Labute approximate surface area is 344 Å². The number of H-pyrrole nitrogens is 1. The van der Waals surface area contributed by atoms with Crippen LogP contribution in [0.2, 0.25) is 5.02 Å². The van der Waals surface area contributed by atoms with Crippen molar-refractivity contribution in [1.29, 1.82) is 0 Å². The van der Waals surface area contributed by atoms with E-state index in [0.717, 1.165) is 12.0 Å². The summed E-state index contributed by atoms with van der Waals surface area (Å²) >= 11 is 6.15. The zero-order valence-electron chi connectivity index (χ0n) is 34.1. The lowest BCUT2D eigenvalue weighted by Gasteiger charge is -2.55. The number of esters is 1. The van der Waals surface area contributed by atoms with Gasteiger partial charge in [0.15, 0.2) is 11.9 Å². The molecule has 1 aromatic rings. The van der Waals surface area contributed by atoms with Crippen LogP contribution < -0.4 is 5.32 Å². The molecule has 0 unspecified atom stereocenters. The number of aromatic nitrogens is 1. The number of halogens is 1. The number of aliphatic hydroxyl groups excluding tert-OH is 2. The minimum Gasteiger partial charge on any atom is -0.511 e. The number of allylic oxidation sites excluding steroid dienone is 5. The van der Waals surface area contributed by atoms with Gasteiger partial charge in [0, 0.05) is 35.9 Å². The van der Waals surface area contributed by atoms with E-state index in [1.54, 1.807) is 32.2 Å². The van der Waals surface area contributed by atoms with E-state index in [1.165, 1.54) is 0 Å². The number of ketones is 1. The van der Waals surface area contributed by atoms with Crippen LogP contribution in [0.4, 0.5) is 0 Å². The molecule has 1 saturated carbocycles. The van der Waals surface area contributed by atoms with Gasteiger partial charge in [-0.3, -0.25) is 9.59 Å². The number of rotatable bonds is 7. The van der Waals surface area contributed by atoms with Crippen LogP contribution in [0, 0.1) is 40.4 Å². The molecule has 4 aliphatic carbocycles. The first-order chi connectivity index (χ1) is 27.5. The van der Waals surface area contributed by atoms with Crippen molar-refractivity contribution in [1.82, 2.24) is 10.3 Å². The maximum Gasteiger partial charge on any atom is 0.346 e. The number of nitrogens with one attached hydrogen (secondary N) is 2. The number of carboxylic acid groups (broad SMARTS) is 1.